The molecule has 0 fully saturated rings. The van der Waals surface area contributed by atoms with E-state index in [0.29, 0.717) is 32.8 Å². The van der Waals surface area contributed by atoms with E-state index in [0.717, 1.165) is 11.3 Å². The first kappa shape index (κ1) is 20.1. The number of nitrogens with one attached hydrogen (secondary N) is 1. The van der Waals surface area contributed by atoms with Crippen molar-refractivity contribution >= 4 is 34.0 Å². The number of rotatable bonds is 5. The van der Waals surface area contributed by atoms with Crippen LogP contribution >= 0.6 is 22.9 Å². The minimum atomic E-state index is -0.293. The summed E-state index contributed by atoms with van der Waals surface area (Å²) in [5, 5.41) is 10.4. The Morgan fingerprint density at radius 3 is 2.44 bits per heavy atom. The van der Waals surface area contributed by atoms with Crippen molar-refractivity contribution in [1.82, 2.24) is 19.7 Å². The predicted molar refractivity (Wildman–Crippen MR) is 127 cm³/mol. The van der Waals surface area contributed by atoms with Gasteiger partial charge < -0.3 is 0 Å². The van der Waals surface area contributed by atoms with Crippen LogP contribution in [0.25, 0.3) is 28.3 Å². The van der Waals surface area contributed by atoms with Gasteiger partial charge in [0.2, 0.25) is 0 Å². The molecule has 1 N–H and O–H groups in total. The molecule has 2 aromatic carbocycles. The number of pyridine rings is 1. The average Bonchev–Trinajstić information content (AvgIpc) is 3.48. The second-order valence-corrected chi connectivity index (χ2v) is 8.13. The third kappa shape index (κ3) is 4.03. The Labute approximate surface area is 193 Å². The van der Waals surface area contributed by atoms with E-state index >= 15 is 0 Å². The number of thiazole rings is 1. The summed E-state index contributed by atoms with van der Waals surface area (Å²) < 4.78 is 1.71. The van der Waals surface area contributed by atoms with E-state index in [9.17, 15) is 4.79 Å². The van der Waals surface area contributed by atoms with Crippen LogP contribution in [0.4, 0.5) is 5.13 Å². The molecule has 0 aliphatic heterocycles. The van der Waals surface area contributed by atoms with Gasteiger partial charge in [-0.05, 0) is 24.3 Å². The number of nitrogens with zero attached hydrogens (tertiary/aromatic N) is 4. The fraction of sp³-hybridized carbons (Fsp3) is 0. The first-order chi connectivity index (χ1) is 15.7. The monoisotopic (exact) mass is 457 g/mol. The summed E-state index contributed by atoms with van der Waals surface area (Å²) in [4.78, 5) is 22.0. The van der Waals surface area contributed by atoms with E-state index in [4.69, 9.17) is 11.6 Å². The molecule has 5 aromatic rings. The van der Waals surface area contributed by atoms with Gasteiger partial charge in [0.25, 0.3) is 5.91 Å². The van der Waals surface area contributed by atoms with E-state index < -0.39 is 0 Å². The summed E-state index contributed by atoms with van der Waals surface area (Å²) in [7, 11) is 0. The second-order valence-electron chi connectivity index (χ2n) is 6.86. The first-order valence-corrected chi connectivity index (χ1v) is 11.0. The van der Waals surface area contributed by atoms with Gasteiger partial charge in [0.15, 0.2) is 5.13 Å². The number of carbonyl (C=O) groups is 1. The average molecular weight is 458 g/mol. The number of benzene rings is 2. The smallest absolute Gasteiger partial charge is 0.261 e. The Morgan fingerprint density at radius 1 is 0.938 bits per heavy atom. The zero-order valence-electron chi connectivity index (χ0n) is 16.6. The highest BCUT2D eigenvalue weighted by molar-refractivity contribution is 7.14. The van der Waals surface area contributed by atoms with Crippen molar-refractivity contribution in [3.63, 3.8) is 0 Å². The molecule has 0 bridgehead atoms. The quantitative estimate of drug-likeness (QED) is 0.353. The molecule has 1 amide bonds. The maximum Gasteiger partial charge on any atom is 0.261 e. The Kier molecular flexibility index (Phi) is 5.49. The van der Waals surface area contributed by atoms with Gasteiger partial charge in [0, 0.05) is 23.3 Å². The van der Waals surface area contributed by atoms with Crippen LogP contribution in [0.15, 0.2) is 90.6 Å². The number of aromatic nitrogens is 4. The summed E-state index contributed by atoms with van der Waals surface area (Å²) in [6.07, 6.45) is 3.39. The number of carbonyl (C=O) groups excluding carboxylic acids is 1. The van der Waals surface area contributed by atoms with E-state index in [1.165, 1.54) is 11.3 Å². The fourth-order valence-corrected chi connectivity index (χ4v) is 4.15. The maximum absolute atomic E-state index is 13.2. The molecular formula is C24H16ClN5OS. The summed E-state index contributed by atoms with van der Waals surface area (Å²) in [5.74, 6) is -0.293. The zero-order valence-corrected chi connectivity index (χ0v) is 18.2. The van der Waals surface area contributed by atoms with Gasteiger partial charge in [-0.1, -0.05) is 60.1 Å². The largest absolute Gasteiger partial charge is 0.298 e. The van der Waals surface area contributed by atoms with Crippen LogP contribution in [0.1, 0.15) is 10.4 Å². The van der Waals surface area contributed by atoms with Crippen molar-refractivity contribution < 1.29 is 4.79 Å². The molecule has 5 rings (SSSR count). The molecule has 3 aromatic heterocycles. The Morgan fingerprint density at radius 2 is 1.69 bits per heavy atom. The summed E-state index contributed by atoms with van der Waals surface area (Å²) >= 11 is 7.54. The van der Waals surface area contributed by atoms with E-state index in [-0.39, 0.29) is 5.91 Å². The van der Waals surface area contributed by atoms with Crippen molar-refractivity contribution in [3.05, 3.63) is 101 Å². The Balaban J connectivity index is 1.48. The minimum absolute atomic E-state index is 0.293. The Hall–Kier alpha value is -3.81. The van der Waals surface area contributed by atoms with Gasteiger partial charge in [-0.2, -0.15) is 5.10 Å². The number of halogens is 1. The van der Waals surface area contributed by atoms with Crippen LogP contribution in [0, 0.1) is 0 Å². The number of hydrogen-bond acceptors (Lipinski definition) is 5. The number of para-hydroxylation sites is 1. The SMILES string of the molecule is O=C(Nc1nc(-c2ncccc2Cl)cs1)c1cn(-c2ccccc2)nc1-c1ccccc1. The zero-order chi connectivity index (χ0) is 21.9. The summed E-state index contributed by atoms with van der Waals surface area (Å²) in [5.41, 5.74) is 3.95. The first-order valence-electron chi connectivity index (χ1n) is 9.77. The van der Waals surface area contributed by atoms with E-state index in [2.05, 4.69) is 20.4 Å². The van der Waals surface area contributed by atoms with Gasteiger partial charge in [0.1, 0.15) is 17.1 Å². The van der Waals surface area contributed by atoms with Gasteiger partial charge >= 0.3 is 0 Å². The minimum Gasteiger partial charge on any atom is -0.298 e. The number of amides is 1. The van der Waals surface area contributed by atoms with Gasteiger partial charge in [0.05, 0.1) is 16.3 Å². The molecule has 156 valence electrons. The molecule has 3 heterocycles. The molecule has 0 unspecified atom stereocenters. The van der Waals surface area contributed by atoms with Crippen LogP contribution in [0.2, 0.25) is 5.02 Å². The molecule has 8 heteroatoms. The molecule has 32 heavy (non-hydrogen) atoms. The van der Waals surface area contributed by atoms with Crippen LogP contribution < -0.4 is 5.32 Å². The van der Waals surface area contributed by atoms with Crippen molar-refractivity contribution in [2.45, 2.75) is 0 Å². The van der Waals surface area contributed by atoms with Crippen LogP contribution in [0.5, 0.6) is 0 Å². The molecule has 0 aliphatic rings. The lowest BCUT2D eigenvalue weighted by Crippen LogP contribution is -2.12. The highest BCUT2D eigenvalue weighted by atomic mass is 35.5. The van der Waals surface area contributed by atoms with Crippen LogP contribution in [0.3, 0.4) is 0 Å². The highest BCUT2D eigenvalue weighted by Crippen LogP contribution is 2.30. The summed E-state index contributed by atoms with van der Waals surface area (Å²) in [6.45, 7) is 0. The molecule has 0 aliphatic carbocycles. The summed E-state index contributed by atoms with van der Waals surface area (Å²) in [6, 6.07) is 22.8. The third-order valence-corrected chi connectivity index (χ3v) is 5.82. The van der Waals surface area contributed by atoms with Gasteiger partial charge in [-0.25, -0.2) is 9.67 Å². The lowest BCUT2D eigenvalue weighted by molar-refractivity contribution is 0.102. The topological polar surface area (TPSA) is 72.7 Å². The van der Waals surface area contributed by atoms with E-state index in [1.807, 2.05) is 66.0 Å². The Bertz CT molecular complexity index is 1380. The second kappa shape index (κ2) is 8.74. The molecule has 0 atom stereocenters. The van der Waals surface area contributed by atoms with Crippen molar-refractivity contribution in [2.75, 3.05) is 5.32 Å². The highest BCUT2D eigenvalue weighted by Gasteiger charge is 2.20. The molecule has 0 saturated carbocycles. The van der Waals surface area contributed by atoms with Gasteiger partial charge in [-0.3, -0.25) is 15.1 Å². The lowest BCUT2D eigenvalue weighted by Gasteiger charge is -2.03. The lowest BCUT2D eigenvalue weighted by atomic mass is 10.1. The standard InChI is InChI=1S/C24H16ClN5OS/c25-19-12-7-13-26-22(19)20-15-32-24(27-20)28-23(31)18-14-30(17-10-5-2-6-11-17)29-21(18)16-8-3-1-4-9-16/h1-15H,(H,27,28,31). The van der Waals surface area contributed by atoms with Gasteiger partial charge in [-0.15, -0.1) is 11.3 Å². The van der Waals surface area contributed by atoms with Crippen molar-refractivity contribution in [1.29, 1.82) is 0 Å². The fourth-order valence-electron chi connectivity index (χ4n) is 3.24. The number of anilines is 1. The van der Waals surface area contributed by atoms with E-state index in [1.54, 1.807) is 29.2 Å². The molecule has 0 saturated heterocycles. The molecule has 0 spiro atoms. The molecule has 6 nitrogen and oxygen atoms in total. The molecule has 0 radical (unpaired) electrons. The van der Waals surface area contributed by atoms with Crippen molar-refractivity contribution in [3.8, 4) is 28.3 Å². The molecular weight excluding hydrogens is 442 g/mol. The third-order valence-electron chi connectivity index (χ3n) is 4.75. The number of hydrogen-bond donors (Lipinski definition) is 1. The van der Waals surface area contributed by atoms with Crippen molar-refractivity contribution in [2.24, 2.45) is 0 Å². The normalized spacial score (nSPS) is 10.8. The van der Waals surface area contributed by atoms with Crippen LogP contribution in [-0.4, -0.2) is 25.7 Å². The predicted octanol–water partition coefficient (Wildman–Crippen LogP) is 5.96. The van der Waals surface area contributed by atoms with Crippen LogP contribution in [-0.2, 0) is 0 Å². The maximum atomic E-state index is 13.2.